The van der Waals surface area contributed by atoms with Crippen molar-refractivity contribution in [3.63, 3.8) is 0 Å². The Hall–Kier alpha value is -2.41. The molecule has 1 atom stereocenters. The average molecular weight is 354 g/mol. The van der Waals surface area contributed by atoms with Gasteiger partial charge in [-0.2, -0.15) is 5.10 Å². The number of hydrogen-bond acceptors (Lipinski definition) is 4. The molecule has 3 aliphatic rings. The molecule has 7 heteroatoms. The average Bonchev–Trinajstić information content (AvgIpc) is 3.33. The number of carbonyl (C=O) groups is 1. The highest BCUT2D eigenvalue weighted by molar-refractivity contribution is 5.81. The molecular formula is C19H22N4O3. The Morgan fingerprint density at radius 1 is 1.23 bits per heavy atom. The zero-order valence-corrected chi connectivity index (χ0v) is 14.9. The van der Waals surface area contributed by atoms with E-state index in [0.717, 1.165) is 19.3 Å². The number of carbonyl (C=O) groups excluding carboxylic acids is 1. The van der Waals surface area contributed by atoms with Crippen molar-refractivity contribution in [2.75, 3.05) is 13.1 Å². The summed E-state index contributed by atoms with van der Waals surface area (Å²) in [6, 6.07) is 8.31. The molecule has 1 aliphatic carbocycles. The van der Waals surface area contributed by atoms with Crippen molar-refractivity contribution in [3.8, 4) is 0 Å². The Kier molecular flexibility index (Phi) is 3.37. The van der Waals surface area contributed by atoms with Crippen LogP contribution in [-0.4, -0.2) is 43.8 Å². The molecule has 0 radical (unpaired) electrons. The van der Waals surface area contributed by atoms with Gasteiger partial charge in [-0.15, -0.1) is 0 Å². The molecule has 1 saturated heterocycles. The summed E-state index contributed by atoms with van der Waals surface area (Å²) in [6.07, 6.45) is 2.41. The molecule has 2 aromatic rings. The van der Waals surface area contributed by atoms with Gasteiger partial charge < -0.3 is 9.64 Å². The summed E-state index contributed by atoms with van der Waals surface area (Å²) >= 11 is 0. The summed E-state index contributed by atoms with van der Waals surface area (Å²) in [7, 11) is 1.66. The molecule has 2 aliphatic heterocycles. The highest BCUT2D eigenvalue weighted by Gasteiger charge is 2.46. The first-order valence-electron chi connectivity index (χ1n) is 9.17. The Labute approximate surface area is 151 Å². The standard InChI is InChI=1S/C19H22N4O3/c1-21-18(25)23-12-19(26-10-16(23)20-21)6-7-22(11-19)17(24)15-8-13-4-2-3-5-14(13)9-15/h2-5,15H,6-12H2,1H3. The third kappa shape index (κ3) is 2.34. The van der Waals surface area contributed by atoms with Crippen LogP contribution in [0.25, 0.3) is 0 Å². The molecule has 3 heterocycles. The summed E-state index contributed by atoms with van der Waals surface area (Å²) in [5.41, 5.74) is 2.01. The number of amides is 1. The van der Waals surface area contributed by atoms with E-state index >= 15 is 0 Å². The van der Waals surface area contributed by atoms with Gasteiger partial charge in [0.25, 0.3) is 0 Å². The van der Waals surface area contributed by atoms with E-state index in [0.29, 0.717) is 32.1 Å². The van der Waals surface area contributed by atoms with E-state index in [1.165, 1.54) is 15.8 Å². The Balaban J connectivity index is 1.31. The molecule has 0 saturated carbocycles. The summed E-state index contributed by atoms with van der Waals surface area (Å²) < 4.78 is 9.15. The maximum atomic E-state index is 13.0. The van der Waals surface area contributed by atoms with Crippen LogP contribution in [0.3, 0.4) is 0 Å². The lowest BCUT2D eigenvalue weighted by molar-refractivity contribution is -0.137. The number of aryl methyl sites for hydroxylation is 1. The van der Waals surface area contributed by atoms with E-state index in [9.17, 15) is 9.59 Å². The van der Waals surface area contributed by atoms with Gasteiger partial charge in [0.2, 0.25) is 5.91 Å². The lowest BCUT2D eigenvalue weighted by atomic mass is 10.0. The molecule has 1 aromatic heterocycles. The zero-order valence-electron chi connectivity index (χ0n) is 14.9. The molecule has 1 unspecified atom stereocenters. The fourth-order valence-electron chi connectivity index (χ4n) is 4.64. The van der Waals surface area contributed by atoms with Crippen molar-refractivity contribution in [3.05, 3.63) is 51.7 Å². The Morgan fingerprint density at radius 2 is 1.96 bits per heavy atom. The first-order chi connectivity index (χ1) is 12.5. The second-order valence-corrected chi connectivity index (χ2v) is 7.76. The van der Waals surface area contributed by atoms with Gasteiger partial charge >= 0.3 is 5.69 Å². The van der Waals surface area contributed by atoms with Gasteiger partial charge in [-0.05, 0) is 30.4 Å². The number of likely N-dealkylation sites (tertiary alicyclic amines) is 1. The summed E-state index contributed by atoms with van der Waals surface area (Å²) in [4.78, 5) is 27.2. The van der Waals surface area contributed by atoms with Crippen LogP contribution in [0, 0.1) is 5.92 Å². The third-order valence-corrected chi connectivity index (χ3v) is 6.07. The minimum Gasteiger partial charge on any atom is -0.363 e. The number of fused-ring (bicyclic) bond motifs is 2. The summed E-state index contributed by atoms with van der Waals surface area (Å²) in [5.74, 6) is 0.910. The maximum absolute atomic E-state index is 13.0. The fraction of sp³-hybridized carbons (Fsp3) is 0.526. The molecule has 1 spiro atoms. The highest BCUT2D eigenvalue weighted by Crippen LogP contribution is 2.34. The Morgan fingerprint density at radius 3 is 2.69 bits per heavy atom. The van der Waals surface area contributed by atoms with Crippen LogP contribution < -0.4 is 5.69 Å². The topological polar surface area (TPSA) is 69.4 Å². The van der Waals surface area contributed by atoms with Crippen LogP contribution in [0.2, 0.25) is 0 Å². The molecule has 5 rings (SSSR count). The van der Waals surface area contributed by atoms with Crippen molar-refractivity contribution in [1.29, 1.82) is 0 Å². The highest BCUT2D eigenvalue weighted by atomic mass is 16.5. The van der Waals surface area contributed by atoms with E-state index in [4.69, 9.17) is 4.74 Å². The number of nitrogens with zero attached hydrogens (tertiary/aromatic N) is 4. The van der Waals surface area contributed by atoms with Crippen LogP contribution in [0.1, 0.15) is 23.4 Å². The maximum Gasteiger partial charge on any atom is 0.345 e. The monoisotopic (exact) mass is 354 g/mol. The summed E-state index contributed by atoms with van der Waals surface area (Å²) in [5, 5.41) is 4.21. The second kappa shape index (κ2) is 5.54. The Bertz CT molecular complexity index is 922. The largest absolute Gasteiger partial charge is 0.363 e. The quantitative estimate of drug-likeness (QED) is 0.748. The molecule has 26 heavy (non-hydrogen) atoms. The van der Waals surface area contributed by atoms with Crippen molar-refractivity contribution >= 4 is 5.91 Å². The number of hydrogen-bond donors (Lipinski definition) is 0. The number of rotatable bonds is 1. The van der Waals surface area contributed by atoms with Gasteiger partial charge in [0.1, 0.15) is 12.2 Å². The molecule has 0 bridgehead atoms. The number of ether oxygens (including phenoxy) is 1. The number of aromatic nitrogens is 3. The number of benzene rings is 1. The first kappa shape index (κ1) is 15.8. The van der Waals surface area contributed by atoms with Crippen molar-refractivity contribution < 1.29 is 9.53 Å². The van der Waals surface area contributed by atoms with Crippen molar-refractivity contribution in [1.82, 2.24) is 19.2 Å². The fourth-order valence-corrected chi connectivity index (χ4v) is 4.64. The predicted octanol–water partition coefficient (Wildman–Crippen LogP) is 0.498. The van der Waals surface area contributed by atoms with E-state index < -0.39 is 5.60 Å². The minimum absolute atomic E-state index is 0.0304. The van der Waals surface area contributed by atoms with Gasteiger partial charge in [-0.3, -0.25) is 9.36 Å². The van der Waals surface area contributed by atoms with Gasteiger partial charge in [0.05, 0.1) is 13.1 Å². The van der Waals surface area contributed by atoms with Gasteiger partial charge in [0, 0.05) is 19.5 Å². The predicted molar refractivity (Wildman–Crippen MR) is 93.5 cm³/mol. The van der Waals surface area contributed by atoms with Crippen LogP contribution in [0.4, 0.5) is 0 Å². The van der Waals surface area contributed by atoms with E-state index in [-0.39, 0.29) is 17.5 Å². The molecule has 1 fully saturated rings. The van der Waals surface area contributed by atoms with Gasteiger partial charge in [0.15, 0.2) is 5.82 Å². The molecule has 136 valence electrons. The molecule has 7 nitrogen and oxygen atoms in total. The van der Waals surface area contributed by atoms with E-state index in [1.807, 2.05) is 17.0 Å². The first-order valence-corrected chi connectivity index (χ1v) is 9.17. The normalized spacial score (nSPS) is 24.9. The van der Waals surface area contributed by atoms with Crippen LogP contribution in [0.5, 0.6) is 0 Å². The van der Waals surface area contributed by atoms with Crippen LogP contribution in [0.15, 0.2) is 29.1 Å². The van der Waals surface area contributed by atoms with Crippen molar-refractivity contribution in [2.45, 2.75) is 38.0 Å². The lowest BCUT2D eigenvalue weighted by Gasteiger charge is -2.33. The van der Waals surface area contributed by atoms with Crippen molar-refractivity contribution in [2.24, 2.45) is 13.0 Å². The molecule has 0 N–H and O–H groups in total. The molecular weight excluding hydrogens is 332 g/mol. The summed E-state index contributed by atoms with van der Waals surface area (Å²) in [6.45, 7) is 2.05. The van der Waals surface area contributed by atoms with Gasteiger partial charge in [-0.25, -0.2) is 9.48 Å². The lowest BCUT2D eigenvalue weighted by Crippen LogP contribution is -2.47. The molecule has 1 amide bonds. The van der Waals surface area contributed by atoms with E-state index in [1.54, 1.807) is 11.6 Å². The van der Waals surface area contributed by atoms with E-state index in [2.05, 4.69) is 17.2 Å². The van der Waals surface area contributed by atoms with Crippen LogP contribution in [-0.2, 0) is 42.6 Å². The molecule has 1 aromatic carbocycles. The smallest absolute Gasteiger partial charge is 0.345 e. The minimum atomic E-state index is -0.457. The third-order valence-electron chi connectivity index (χ3n) is 6.07. The SMILES string of the molecule is Cn1nc2n(c1=O)CC1(CCN(C(=O)C3Cc4ccccc4C3)C1)OC2. The second-order valence-electron chi connectivity index (χ2n) is 7.76. The van der Waals surface area contributed by atoms with Crippen LogP contribution >= 0.6 is 0 Å². The van der Waals surface area contributed by atoms with Gasteiger partial charge in [-0.1, -0.05) is 24.3 Å². The zero-order chi connectivity index (χ0) is 17.9.